The van der Waals surface area contributed by atoms with Crippen molar-refractivity contribution in [3.05, 3.63) is 72.5 Å². The first-order valence-electron chi connectivity index (χ1n) is 8.02. The summed E-state index contributed by atoms with van der Waals surface area (Å²) in [6, 6.07) is 19.2. The number of carbonyl (C=O) groups is 2. The van der Waals surface area contributed by atoms with E-state index < -0.39 is 0 Å². The van der Waals surface area contributed by atoms with Crippen LogP contribution in [0.4, 0.5) is 15.8 Å². The first-order valence-corrected chi connectivity index (χ1v) is 9.17. The van der Waals surface area contributed by atoms with Crippen molar-refractivity contribution in [1.29, 1.82) is 0 Å². The largest absolute Gasteiger partial charge is 0.325 e. The normalized spacial score (nSPS) is 10.5. The predicted molar refractivity (Wildman–Crippen MR) is 105 cm³/mol. The third-order valence-corrected chi connectivity index (χ3v) is 4.56. The Morgan fingerprint density at radius 3 is 2.04 bits per heavy atom. The molecule has 26 heavy (non-hydrogen) atoms. The van der Waals surface area contributed by atoms with Gasteiger partial charge in [0, 0.05) is 11.4 Å². The molecule has 0 atom stereocenters. The van der Waals surface area contributed by atoms with Gasteiger partial charge in [0.1, 0.15) is 5.82 Å². The molecule has 0 aromatic heterocycles. The molecule has 2 amide bonds. The van der Waals surface area contributed by atoms with Gasteiger partial charge in [-0.2, -0.15) is 0 Å². The van der Waals surface area contributed by atoms with Crippen molar-refractivity contribution < 1.29 is 14.0 Å². The Morgan fingerprint density at radius 2 is 1.35 bits per heavy atom. The summed E-state index contributed by atoms with van der Waals surface area (Å²) >= 11 is 1.22. The predicted octanol–water partition coefficient (Wildman–Crippen LogP) is 4.29. The molecule has 0 radical (unpaired) electrons. The number of hydrogen-bond donors (Lipinski definition) is 2. The van der Waals surface area contributed by atoms with Crippen LogP contribution in [0.25, 0.3) is 10.8 Å². The van der Waals surface area contributed by atoms with Gasteiger partial charge in [-0.1, -0.05) is 30.3 Å². The van der Waals surface area contributed by atoms with Crippen molar-refractivity contribution in [3.63, 3.8) is 0 Å². The van der Waals surface area contributed by atoms with Gasteiger partial charge in [-0.15, -0.1) is 11.8 Å². The Kier molecular flexibility index (Phi) is 5.86. The van der Waals surface area contributed by atoms with Crippen LogP contribution in [0, 0.1) is 5.82 Å². The standard InChI is InChI=1S/C20H17FN2O2S/c21-16-6-9-17(10-7-16)22-19(24)12-26-13-20(25)23-18-8-5-14-3-1-2-4-15(14)11-18/h1-11H,12-13H2,(H,22,24)(H,23,25). The van der Waals surface area contributed by atoms with Crippen LogP contribution in [0.15, 0.2) is 66.7 Å². The Balaban J connectivity index is 1.44. The second-order valence-electron chi connectivity index (χ2n) is 5.66. The first kappa shape index (κ1) is 17.9. The fourth-order valence-corrected chi connectivity index (χ4v) is 3.05. The van der Waals surface area contributed by atoms with Gasteiger partial charge < -0.3 is 10.6 Å². The molecule has 0 saturated carbocycles. The number of benzene rings is 3. The van der Waals surface area contributed by atoms with Crippen LogP contribution in [0.5, 0.6) is 0 Å². The Bertz CT molecular complexity index is 929. The molecule has 4 nitrogen and oxygen atoms in total. The number of thioether (sulfide) groups is 1. The molecule has 0 aliphatic carbocycles. The smallest absolute Gasteiger partial charge is 0.234 e. The molecule has 0 saturated heterocycles. The molecule has 0 heterocycles. The van der Waals surface area contributed by atoms with Crippen LogP contribution in [0.3, 0.4) is 0 Å². The molecule has 2 N–H and O–H groups in total. The van der Waals surface area contributed by atoms with Gasteiger partial charge in [-0.3, -0.25) is 9.59 Å². The van der Waals surface area contributed by atoms with Gasteiger partial charge in [-0.05, 0) is 47.2 Å². The van der Waals surface area contributed by atoms with E-state index in [0.29, 0.717) is 5.69 Å². The molecule has 132 valence electrons. The van der Waals surface area contributed by atoms with Gasteiger partial charge in [-0.25, -0.2) is 4.39 Å². The molecule has 3 aromatic rings. The molecule has 6 heteroatoms. The number of nitrogens with one attached hydrogen (secondary N) is 2. The summed E-state index contributed by atoms with van der Waals surface area (Å²) in [5.41, 5.74) is 1.25. The van der Waals surface area contributed by atoms with Gasteiger partial charge >= 0.3 is 0 Å². The van der Waals surface area contributed by atoms with E-state index in [1.54, 1.807) is 0 Å². The van der Waals surface area contributed by atoms with Gasteiger partial charge in [0.2, 0.25) is 11.8 Å². The Labute approximate surface area is 154 Å². The maximum atomic E-state index is 12.8. The lowest BCUT2D eigenvalue weighted by Crippen LogP contribution is -2.18. The highest BCUT2D eigenvalue weighted by atomic mass is 32.2. The maximum Gasteiger partial charge on any atom is 0.234 e. The van der Waals surface area contributed by atoms with Crippen LogP contribution in [0.1, 0.15) is 0 Å². The minimum Gasteiger partial charge on any atom is -0.325 e. The number of amides is 2. The fourth-order valence-electron chi connectivity index (χ4n) is 2.43. The third kappa shape index (κ3) is 5.07. The lowest BCUT2D eigenvalue weighted by molar-refractivity contribution is -0.114. The van der Waals surface area contributed by atoms with Crippen molar-refractivity contribution in [3.8, 4) is 0 Å². The van der Waals surface area contributed by atoms with Crippen molar-refractivity contribution in [2.75, 3.05) is 22.1 Å². The molecule has 0 unspecified atom stereocenters. The van der Waals surface area contributed by atoms with E-state index in [1.165, 1.54) is 36.0 Å². The average Bonchev–Trinajstić information content (AvgIpc) is 2.63. The van der Waals surface area contributed by atoms with Crippen LogP contribution in [0.2, 0.25) is 0 Å². The van der Waals surface area contributed by atoms with Crippen LogP contribution in [-0.4, -0.2) is 23.3 Å². The van der Waals surface area contributed by atoms with Crippen LogP contribution < -0.4 is 10.6 Å². The minimum absolute atomic E-state index is 0.141. The summed E-state index contributed by atoms with van der Waals surface area (Å²) in [7, 11) is 0. The Hall–Kier alpha value is -2.86. The summed E-state index contributed by atoms with van der Waals surface area (Å²) in [6.07, 6.45) is 0. The molecule has 0 bridgehead atoms. The number of carbonyl (C=O) groups excluding carboxylic acids is 2. The zero-order chi connectivity index (χ0) is 18.4. The zero-order valence-electron chi connectivity index (χ0n) is 13.9. The third-order valence-electron chi connectivity index (χ3n) is 3.63. The minimum atomic E-state index is -0.359. The zero-order valence-corrected chi connectivity index (χ0v) is 14.7. The topological polar surface area (TPSA) is 58.2 Å². The molecule has 3 aromatic carbocycles. The van der Waals surface area contributed by atoms with Crippen molar-refractivity contribution in [2.45, 2.75) is 0 Å². The van der Waals surface area contributed by atoms with Crippen molar-refractivity contribution in [2.24, 2.45) is 0 Å². The molecule has 0 fully saturated rings. The molecule has 0 spiro atoms. The lowest BCUT2D eigenvalue weighted by Gasteiger charge is -2.07. The van der Waals surface area contributed by atoms with Crippen molar-refractivity contribution >= 4 is 45.7 Å². The van der Waals surface area contributed by atoms with E-state index in [-0.39, 0.29) is 29.1 Å². The highest BCUT2D eigenvalue weighted by molar-refractivity contribution is 8.00. The van der Waals surface area contributed by atoms with E-state index in [9.17, 15) is 14.0 Å². The molecular formula is C20H17FN2O2S. The summed E-state index contributed by atoms with van der Waals surface area (Å²) in [6.45, 7) is 0. The van der Waals surface area contributed by atoms with Crippen LogP contribution in [-0.2, 0) is 9.59 Å². The molecular weight excluding hydrogens is 351 g/mol. The highest BCUT2D eigenvalue weighted by Gasteiger charge is 2.07. The monoisotopic (exact) mass is 368 g/mol. The maximum absolute atomic E-state index is 12.8. The summed E-state index contributed by atoms with van der Waals surface area (Å²) in [5, 5.41) is 7.65. The molecule has 0 aliphatic heterocycles. The van der Waals surface area contributed by atoms with E-state index in [2.05, 4.69) is 10.6 Å². The number of rotatable bonds is 6. The quantitative estimate of drug-likeness (QED) is 0.682. The summed E-state index contributed by atoms with van der Waals surface area (Å²) < 4.78 is 12.8. The molecule has 0 aliphatic rings. The number of hydrogen-bond acceptors (Lipinski definition) is 3. The Morgan fingerprint density at radius 1 is 0.769 bits per heavy atom. The lowest BCUT2D eigenvalue weighted by atomic mass is 10.1. The van der Waals surface area contributed by atoms with Crippen LogP contribution >= 0.6 is 11.8 Å². The number of anilines is 2. The second-order valence-corrected chi connectivity index (χ2v) is 6.64. The molecule has 3 rings (SSSR count). The van der Waals surface area contributed by atoms with Crippen molar-refractivity contribution in [1.82, 2.24) is 0 Å². The van der Waals surface area contributed by atoms with E-state index in [4.69, 9.17) is 0 Å². The fraction of sp³-hybridized carbons (Fsp3) is 0.100. The highest BCUT2D eigenvalue weighted by Crippen LogP contribution is 2.19. The summed E-state index contributed by atoms with van der Waals surface area (Å²) in [4.78, 5) is 23.8. The SMILES string of the molecule is O=C(CSCC(=O)Nc1ccc2ccccc2c1)Nc1ccc(F)cc1. The number of fused-ring (bicyclic) bond motifs is 1. The van der Waals surface area contributed by atoms with Gasteiger partial charge in [0.25, 0.3) is 0 Å². The first-order chi connectivity index (χ1) is 12.6. The average molecular weight is 368 g/mol. The van der Waals surface area contributed by atoms with E-state index >= 15 is 0 Å². The van der Waals surface area contributed by atoms with Gasteiger partial charge in [0.15, 0.2) is 0 Å². The van der Waals surface area contributed by atoms with E-state index in [0.717, 1.165) is 16.5 Å². The van der Waals surface area contributed by atoms with E-state index in [1.807, 2.05) is 42.5 Å². The summed E-state index contributed by atoms with van der Waals surface area (Å²) in [5.74, 6) is -0.450. The number of halogens is 1. The van der Waals surface area contributed by atoms with Gasteiger partial charge in [0.05, 0.1) is 11.5 Å². The second kappa shape index (κ2) is 8.49.